The second-order valence-corrected chi connectivity index (χ2v) is 9.28. The van der Waals surface area contributed by atoms with E-state index in [-0.39, 0.29) is 17.5 Å². The lowest BCUT2D eigenvalue weighted by Crippen LogP contribution is -2.62. The highest BCUT2D eigenvalue weighted by Crippen LogP contribution is 2.68. The lowest BCUT2D eigenvalue weighted by molar-refractivity contribution is -0.222. The van der Waals surface area contributed by atoms with Crippen molar-refractivity contribution >= 4 is 5.97 Å². The number of rotatable bonds is 1. The maximum atomic E-state index is 11.4. The van der Waals surface area contributed by atoms with Crippen LogP contribution in [0.2, 0.25) is 0 Å². The van der Waals surface area contributed by atoms with Crippen LogP contribution in [0, 0.1) is 34.5 Å². The first-order valence-corrected chi connectivity index (χ1v) is 9.62. The Morgan fingerprint density at radius 2 is 1.77 bits per heavy atom. The fraction of sp³-hybridized carbons (Fsp3) is 0.950. The van der Waals surface area contributed by atoms with Crippen LogP contribution >= 0.6 is 0 Å². The summed E-state index contributed by atoms with van der Waals surface area (Å²) in [6, 6.07) is 0. The van der Waals surface area contributed by atoms with Gasteiger partial charge in [0, 0.05) is 12.3 Å². The van der Waals surface area contributed by atoms with Gasteiger partial charge in [0.25, 0.3) is 0 Å². The summed E-state index contributed by atoms with van der Waals surface area (Å²) in [4.78, 5) is 11.4. The maximum Gasteiger partial charge on any atom is 0.302 e. The third-order valence-electron chi connectivity index (χ3n) is 8.53. The molecule has 0 unspecified atom stereocenters. The summed E-state index contributed by atoms with van der Waals surface area (Å²) in [5.74, 6) is 3.58. The summed E-state index contributed by atoms with van der Waals surface area (Å²) in [5.41, 5.74) is 0.902. The SMILES string of the molecule is CC(=O)O[C@H]1C[C@H]2[C@@H]3CC[C@H]4CCCC[C@]4(C)[C@H]3CC[C@]12C. The van der Waals surface area contributed by atoms with Gasteiger partial charge in [-0.15, -0.1) is 0 Å². The summed E-state index contributed by atoms with van der Waals surface area (Å²) >= 11 is 0. The van der Waals surface area contributed by atoms with E-state index in [0.717, 1.165) is 30.1 Å². The average molecular weight is 304 g/mol. The van der Waals surface area contributed by atoms with Crippen molar-refractivity contribution in [3.8, 4) is 0 Å². The fourth-order valence-electron chi connectivity index (χ4n) is 7.21. The molecule has 0 amide bonds. The molecule has 0 aliphatic heterocycles. The van der Waals surface area contributed by atoms with E-state index < -0.39 is 0 Å². The molecule has 2 nitrogen and oxygen atoms in total. The molecule has 4 aliphatic carbocycles. The third-order valence-corrected chi connectivity index (χ3v) is 8.53. The normalized spacial score (nSPS) is 53.5. The molecule has 4 saturated carbocycles. The number of carbonyl (C=O) groups is 1. The summed E-state index contributed by atoms with van der Waals surface area (Å²) < 4.78 is 5.63. The summed E-state index contributed by atoms with van der Waals surface area (Å²) in [6.07, 6.45) is 12.8. The summed E-state index contributed by atoms with van der Waals surface area (Å²) in [7, 11) is 0. The standard InChI is InChI=1S/C20H32O2/c1-13(21)22-18-12-17-15-8-7-14-6-4-5-10-19(14,2)16(15)9-11-20(17,18)3/h14-18H,4-12H2,1-3H3/t14-,15-,16+,17+,18+,19+,20+/m1/s1. The van der Waals surface area contributed by atoms with Crippen molar-refractivity contribution in [1.82, 2.24) is 0 Å². The van der Waals surface area contributed by atoms with Gasteiger partial charge in [-0.2, -0.15) is 0 Å². The molecule has 0 aromatic heterocycles. The summed E-state index contributed by atoms with van der Waals surface area (Å²) in [6.45, 7) is 6.59. The first-order valence-electron chi connectivity index (χ1n) is 9.62. The maximum absolute atomic E-state index is 11.4. The largest absolute Gasteiger partial charge is 0.462 e. The zero-order chi connectivity index (χ0) is 15.5. The predicted molar refractivity (Wildman–Crippen MR) is 87.3 cm³/mol. The van der Waals surface area contributed by atoms with E-state index in [1.807, 2.05) is 0 Å². The van der Waals surface area contributed by atoms with Gasteiger partial charge >= 0.3 is 5.97 Å². The second kappa shape index (κ2) is 4.98. The van der Waals surface area contributed by atoms with Crippen LogP contribution < -0.4 is 0 Å². The van der Waals surface area contributed by atoms with Crippen molar-refractivity contribution in [3.63, 3.8) is 0 Å². The van der Waals surface area contributed by atoms with E-state index in [2.05, 4.69) is 13.8 Å². The third kappa shape index (κ3) is 1.94. The van der Waals surface area contributed by atoms with Crippen LogP contribution in [0.5, 0.6) is 0 Å². The number of fused-ring (bicyclic) bond motifs is 5. The number of hydrogen-bond acceptors (Lipinski definition) is 2. The number of ether oxygens (including phenoxy) is 1. The van der Waals surface area contributed by atoms with Crippen LogP contribution in [0.3, 0.4) is 0 Å². The minimum absolute atomic E-state index is 0.0882. The molecule has 0 radical (unpaired) electrons. The van der Waals surface area contributed by atoms with Gasteiger partial charge in [-0.05, 0) is 74.0 Å². The Kier molecular flexibility index (Phi) is 3.40. The molecule has 0 bridgehead atoms. The van der Waals surface area contributed by atoms with Crippen molar-refractivity contribution in [1.29, 1.82) is 0 Å². The van der Waals surface area contributed by atoms with Crippen LogP contribution in [-0.4, -0.2) is 12.1 Å². The van der Waals surface area contributed by atoms with Crippen molar-refractivity contribution in [2.75, 3.05) is 0 Å². The highest BCUT2D eigenvalue weighted by Gasteiger charge is 2.63. The topological polar surface area (TPSA) is 26.3 Å². The number of carbonyl (C=O) groups excluding carboxylic acids is 1. The lowest BCUT2D eigenvalue weighted by Gasteiger charge is -2.66. The molecule has 0 saturated heterocycles. The smallest absolute Gasteiger partial charge is 0.302 e. The summed E-state index contributed by atoms with van der Waals surface area (Å²) in [5, 5.41) is 0. The Hall–Kier alpha value is -0.530. The van der Waals surface area contributed by atoms with Gasteiger partial charge in [0.05, 0.1) is 0 Å². The predicted octanol–water partition coefficient (Wildman–Crippen LogP) is 4.96. The second-order valence-electron chi connectivity index (χ2n) is 9.28. The van der Waals surface area contributed by atoms with Gasteiger partial charge in [-0.25, -0.2) is 0 Å². The Labute approximate surface area is 135 Å². The van der Waals surface area contributed by atoms with Gasteiger partial charge in [0.1, 0.15) is 6.10 Å². The van der Waals surface area contributed by atoms with Crippen molar-refractivity contribution in [3.05, 3.63) is 0 Å². The molecule has 0 N–H and O–H groups in total. The first-order chi connectivity index (χ1) is 10.4. The van der Waals surface area contributed by atoms with E-state index in [1.54, 1.807) is 6.92 Å². The Morgan fingerprint density at radius 1 is 0.955 bits per heavy atom. The molecule has 4 fully saturated rings. The van der Waals surface area contributed by atoms with Crippen LogP contribution in [-0.2, 0) is 9.53 Å². The van der Waals surface area contributed by atoms with E-state index in [1.165, 1.54) is 51.4 Å². The van der Waals surface area contributed by atoms with E-state index in [9.17, 15) is 4.79 Å². The van der Waals surface area contributed by atoms with Gasteiger partial charge in [0.2, 0.25) is 0 Å². The zero-order valence-electron chi connectivity index (χ0n) is 14.6. The highest BCUT2D eigenvalue weighted by molar-refractivity contribution is 5.66. The van der Waals surface area contributed by atoms with Gasteiger partial charge < -0.3 is 4.74 Å². The Bertz CT molecular complexity index is 472. The van der Waals surface area contributed by atoms with Crippen LogP contribution in [0.1, 0.15) is 78.6 Å². The minimum Gasteiger partial charge on any atom is -0.462 e. The molecule has 4 rings (SSSR count). The van der Waals surface area contributed by atoms with Crippen molar-refractivity contribution in [2.45, 2.75) is 84.7 Å². The van der Waals surface area contributed by atoms with E-state index in [4.69, 9.17) is 4.74 Å². The Morgan fingerprint density at radius 3 is 2.55 bits per heavy atom. The molecule has 0 spiro atoms. The quantitative estimate of drug-likeness (QED) is 0.640. The lowest BCUT2D eigenvalue weighted by atomic mass is 9.40. The molecule has 2 heteroatoms. The highest BCUT2D eigenvalue weighted by atomic mass is 16.5. The minimum atomic E-state index is -0.0882. The molecule has 0 aromatic rings. The van der Waals surface area contributed by atoms with Crippen molar-refractivity contribution < 1.29 is 9.53 Å². The van der Waals surface area contributed by atoms with Crippen LogP contribution in [0.25, 0.3) is 0 Å². The first kappa shape index (κ1) is 15.0. The molecular weight excluding hydrogens is 272 g/mol. The Balaban J connectivity index is 1.54. The molecule has 22 heavy (non-hydrogen) atoms. The average Bonchev–Trinajstić information content (AvgIpc) is 2.47. The molecule has 124 valence electrons. The van der Waals surface area contributed by atoms with Gasteiger partial charge in [0.15, 0.2) is 0 Å². The van der Waals surface area contributed by atoms with E-state index in [0.29, 0.717) is 5.41 Å². The molecule has 0 heterocycles. The molecule has 7 atom stereocenters. The fourth-order valence-corrected chi connectivity index (χ4v) is 7.21. The van der Waals surface area contributed by atoms with Crippen molar-refractivity contribution in [2.24, 2.45) is 34.5 Å². The van der Waals surface area contributed by atoms with Crippen LogP contribution in [0.15, 0.2) is 0 Å². The molecule has 0 aromatic carbocycles. The van der Waals surface area contributed by atoms with Crippen LogP contribution in [0.4, 0.5) is 0 Å². The number of esters is 1. The monoisotopic (exact) mass is 304 g/mol. The number of hydrogen-bond donors (Lipinski definition) is 0. The molecule has 4 aliphatic rings. The van der Waals surface area contributed by atoms with Gasteiger partial charge in [-0.3, -0.25) is 4.79 Å². The van der Waals surface area contributed by atoms with Gasteiger partial charge in [-0.1, -0.05) is 26.7 Å². The zero-order valence-corrected chi connectivity index (χ0v) is 14.6. The van der Waals surface area contributed by atoms with E-state index >= 15 is 0 Å². The molecular formula is C20H32O2.